The minimum absolute atomic E-state index is 0.472. The number of hydrogen-bond donors (Lipinski definition) is 2. The van der Waals surface area contributed by atoms with Crippen molar-refractivity contribution in [3.05, 3.63) is 12.4 Å². The number of carbonyl (C=O) groups is 1. The summed E-state index contributed by atoms with van der Waals surface area (Å²) in [6, 6.07) is 0. The monoisotopic (exact) mass is 226 g/mol. The lowest BCUT2D eigenvalue weighted by Gasteiger charge is -2.19. The van der Waals surface area contributed by atoms with Gasteiger partial charge in [-0.15, -0.1) is 5.10 Å². The molecule has 0 bridgehead atoms. The first-order chi connectivity index (χ1) is 7.52. The number of aryl methyl sites for hydroxylation is 1. The van der Waals surface area contributed by atoms with Crippen LogP contribution < -0.4 is 5.32 Å². The van der Waals surface area contributed by atoms with Gasteiger partial charge in [0.1, 0.15) is 0 Å². The second-order valence-corrected chi connectivity index (χ2v) is 4.39. The molecule has 1 aromatic rings. The number of hydrogen-bond acceptors (Lipinski definition) is 4. The van der Waals surface area contributed by atoms with Gasteiger partial charge in [0, 0.05) is 19.3 Å². The van der Waals surface area contributed by atoms with Crippen LogP contribution in [0.4, 0.5) is 0 Å². The zero-order chi connectivity index (χ0) is 12.0. The van der Waals surface area contributed by atoms with Crippen LogP contribution in [0.15, 0.2) is 12.4 Å². The van der Waals surface area contributed by atoms with Gasteiger partial charge in [-0.2, -0.15) is 0 Å². The number of nitrogens with one attached hydrogen (secondary N) is 1. The molecule has 0 saturated carbocycles. The highest BCUT2D eigenvalue weighted by Crippen LogP contribution is 2.12. The summed E-state index contributed by atoms with van der Waals surface area (Å²) in [5.41, 5.74) is -0.715. The van der Waals surface area contributed by atoms with Gasteiger partial charge < -0.3 is 10.4 Å². The summed E-state index contributed by atoms with van der Waals surface area (Å²) >= 11 is 0. The van der Waals surface area contributed by atoms with Crippen LogP contribution >= 0.6 is 0 Å². The van der Waals surface area contributed by atoms with Gasteiger partial charge in [0.25, 0.3) is 0 Å². The summed E-state index contributed by atoms with van der Waals surface area (Å²) in [5, 5.41) is 19.5. The quantitative estimate of drug-likeness (QED) is 0.656. The Balaban J connectivity index is 2.10. The molecule has 0 aliphatic carbocycles. The Bertz CT molecular complexity index is 322. The van der Waals surface area contributed by atoms with E-state index < -0.39 is 11.4 Å². The molecule has 6 heteroatoms. The van der Waals surface area contributed by atoms with E-state index in [1.54, 1.807) is 30.9 Å². The Hall–Kier alpha value is -1.43. The zero-order valence-electron chi connectivity index (χ0n) is 9.68. The number of carboxylic acids is 1. The molecule has 0 radical (unpaired) electrons. The molecule has 0 saturated heterocycles. The lowest BCUT2D eigenvalue weighted by atomic mass is 9.94. The van der Waals surface area contributed by atoms with Crippen molar-refractivity contribution in [1.82, 2.24) is 20.3 Å². The van der Waals surface area contributed by atoms with Crippen molar-refractivity contribution < 1.29 is 9.90 Å². The van der Waals surface area contributed by atoms with Crippen LogP contribution in [0.3, 0.4) is 0 Å². The fourth-order valence-electron chi connectivity index (χ4n) is 1.19. The van der Waals surface area contributed by atoms with Gasteiger partial charge in [-0.3, -0.25) is 9.48 Å². The minimum atomic E-state index is -0.781. The molecule has 0 aliphatic rings. The molecule has 16 heavy (non-hydrogen) atoms. The van der Waals surface area contributed by atoms with Gasteiger partial charge in [-0.25, -0.2) is 0 Å². The summed E-state index contributed by atoms with van der Waals surface area (Å²) in [6.45, 7) is 5.45. The van der Waals surface area contributed by atoms with Crippen molar-refractivity contribution in [2.75, 3.05) is 13.1 Å². The molecule has 0 atom stereocenters. The van der Waals surface area contributed by atoms with Gasteiger partial charge in [0.15, 0.2) is 0 Å². The number of aliphatic carboxylic acids is 1. The fourth-order valence-corrected chi connectivity index (χ4v) is 1.19. The molecule has 6 nitrogen and oxygen atoms in total. The molecule has 90 valence electrons. The lowest BCUT2D eigenvalue weighted by Crippen LogP contribution is -2.36. The molecule has 0 spiro atoms. The largest absolute Gasteiger partial charge is 0.481 e. The van der Waals surface area contributed by atoms with Crippen molar-refractivity contribution >= 4 is 5.97 Å². The average molecular weight is 226 g/mol. The smallest absolute Gasteiger partial charge is 0.310 e. The topological polar surface area (TPSA) is 80.0 Å². The van der Waals surface area contributed by atoms with Crippen molar-refractivity contribution in [2.45, 2.75) is 26.8 Å². The van der Waals surface area contributed by atoms with E-state index in [1.165, 1.54) is 0 Å². The average Bonchev–Trinajstić information content (AvgIpc) is 2.69. The Morgan fingerprint density at radius 1 is 1.56 bits per heavy atom. The van der Waals surface area contributed by atoms with Crippen LogP contribution in [0, 0.1) is 5.41 Å². The maximum atomic E-state index is 10.8. The highest BCUT2D eigenvalue weighted by molar-refractivity contribution is 5.73. The highest BCUT2D eigenvalue weighted by Gasteiger charge is 2.26. The number of nitrogens with zero attached hydrogens (tertiary/aromatic N) is 3. The van der Waals surface area contributed by atoms with Crippen LogP contribution in [0.5, 0.6) is 0 Å². The Labute approximate surface area is 94.7 Å². The molecule has 1 aromatic heterocycles. The van der Waals surface area contributed by atoms with Crippen LogP contribution in [0.25, 0.3) is 0 Å². The molecule has 2 N–H and O–H groups in total. The molecule has 0 unspecified atom stereocenters. The zero-order valence-corrected chi connectivity index (χ0v) is 9.68. The Morgan fingerprint density at radius 2 is 2.31 bits per heavy atom. The molecular weight excluding hydrogens is 208 g/mol. The third kappa shape index (κ3) is 3.98. The number of rotatable bonds is 7. The second kappa shape index (κ2) is 5.60. The summed E-state index contributed by atoms with van der Waals surface area (Å²) < 4.78 is 1.75. The summed E-state index contributed by atoms with van der Waals surface area (Å²) in [5.74, 6) is -0.781. The van der Waals surface area contributed by atoms with E-state index in [0.29, 0.717) is 6.54 Å². The molecule has 0 fully saturated rings. The van der Waals surface area contributed by atoms with E-state index in [-0.39, 0.29) is 0 Å². The second-order valence-electron chi connectivity index (χ2n) is 4.39. The summed E-state index contributed by atoms with van der Waals surface area (Å²) in [6.07, 6.45) is 4.35. The first kappa shape index (κ1) is 12.6. The molecule has 0 aliphatic heterocycles. The summed E-state index contributed by atoms with van der Waals surface area (Å²) in [4.78, 5) is 10.8. The van der Waals surface area contributed by atoms with Crippen molar-refractivity contribution in [3.63, 3.8) is 0 Å². The van der Waals surface area contributed by atoms with E-state index in [4.69, 9.17) is 5.11 Å². The number of aromatic nitrogens is 3. The normalized spacial score (nSPS) is 11.6. The first-order valence-corrected chi connectivity index (χ1v) is 5.30. The lowest BCUT2D eigenvalue weighted by molar-refractivity contribution is -0.146. The Kier molecular flexibility index (Phi) is 4.42. The van der Waals surface area contributed by atoms with Gasteiger partial charge in [0.05, 0.1) is 11.6 Å². The van der Waals surface area contributed by atoms with E-state index in [9.17, 15) is 4.79 Å². The van der Waals surface area contributed by atoms with Gasteiger partial charge in [-0.1, -0.05) is 5.21 Å². The van der Waals surface area contributed by atoms with E-state index in [2.05, 4.69) is 15.6 Å². The van der Waals surface area contributed by atoms with Crippen LogP contribution in [0.2, 0.25) is 0 Å². The van der Waals surface area contributed by atoms with Crippen LogP contribution in [-0.2, 0) is 11.3 Å². The van der Waals surface area contributed by atoms with Crippen molar-refractivity contribution in [1.29, 1.82) is 0 Å². The maximum absolute atomic E-state index is 10.8. The van der Waals surface area contributed by atoms with E-state index in [0.717, 1.165) is 19.5 Å². The molecule has 0 amide bonds. The highest BCUT2D eigenvalue weighted by atomic mass is 16.4. The standard InChI is InChI=1S/C10H18N4O2/c1-10(2,9(15)16)8-11-4-3-6-14-7-5-12-13-14/h5,7,11H,3-4,6,8H2,1-2H3,(H,15,16). The van der Waals surface area contributed by atoms with Gasteiger partial charge in [0.2, 0.25) is 0 Å². The SMILES string of the molecule is CC(C)(CNCCCn1ccnn1)C(=O)O. The molecule has 1 rings (SSSR count). The molecule has 0 aromatic carbocycles. The first-order valence-electron chi connectivity index (χ1n) is 5.30. The third-order valence-electron chi connectivity index (χ3n) is 2.36. The molecule has 1 heterocycles. The predicted molar refractivity (Wildman–Crippen MR) is 58.9 cm³/mol. The molecular formula is C10H18N4O2. The van der Waals surface area contributed by atoms with Crippen LogP contribution in [0.1, 0.15) is 20.3 Å². The van der Waals surface area contributed by atoms with E-state index in [1.807, 2.05) is 0 Å². The van der Waals surface area contributed by atoms with Crippen molar-refractivity contribution in [3.8, 4) is 0 Å². The van der Waals surface area contributed by atoms with Crippen LogP contribution in [-0.4, -0.2) is 39.2 Å². The van der Waals surface area contributed by atoms with E-state index >= 15 is 0 Å². The van der Waals surface area contributed by atoms with Gasteiger partial charge in [-0.05, 0) is 26.8 Å². The maximum Gasteiger partial charge on any atom is 0.310 e. The summed E-state index contributed by atoms with van der Waals surface area (Å²) in [7, 11) is 0. The minimum Gasteiger partial charge on any atom is -0.481 e. The third-order valence-corrected chi connectivity index (χ3v) is 2.36. The predicted octanol–water partition coefficient (Wildman–Crippen LogP) is 0.369. The van der Waals surface area contributed by atoms with Gasteiger partial charge >= 0.3 is 5.97 Å². The Morgan fingerprint density at radius 3 is 2.88 bits per heavy atom. The number of carboxylic acid groups (broad SMARTS) is 1. The fraction of sp³-hybridized carbons (Fsp3) is 0.700. The van der Waals surface area contributed by atoms with Crippen molar-refractivity contribution in [2.24, 2.45) is 5.41 Å².